The fraction of sp³-hybridized carbons (Fsp3) is 0.400. The number of hydrogen-bond donors (Lipinski definition) is 0. The lowest BCUT2D eigenvalue weighted by Gasteiger charge is -2.20. The van der Waals surface area contributed by atoms with Crippen LogP contribution in [-0.4, -0.2) is 42.6 Å². The van der Waals surface area contributed by atoms with E-state index < -0.39 is 6.16 Å². The highest BCUT2D eigenvalue weighted by Gasteiger charge is 2.19. The number of benzene rings is 1. The summed E-state index contributed by atoms with van der Waals surface area (Å²) in [6.07, 6.45) is 2.37. The number of aromatic nitrogens is 2. The lowest BCUT2D eigenvalue weighted by molar-refractivity contribution is -0.00150. The van der Waals surface area contributed by atoms with Gasteiger partial charge in [0, 0.05) is 25.4 Å². The van der Waals surface area contributed by atoms with Gasteiger partial charge in [-0.3, -0.25) is 9.67 Å². The normalized spacial score (nSPS) is 12.4. The number of carbonyl (C=O) groups is 1. The first-order valence-corrected chi connectivity index (χ1v) is 10.6. The van der Waals surface area contributed by atoms with Crippen molar-refractivity contribution in [3.8, 4) is 0 Å². The fourth-order valence-electron chi connectivity index (χ4n) is 3.11. The first-order chi connectivity index (χ1) is 15.2. The number of aliphatic imine (C=N–C) groups is 1. The van der Waals surface area contributed by atoms with Crippen LogP contribution < -0.4 is 0 Å². The molecule has 2 aromatic rings. The van der Waals surface area contributed by atoms with Crippen LogP contribution in [0.25, 0.3) is 11.3 Å². The molecule has 0 amide bonds. The van der Waals surface area contributed by atoms with E-state index in [1.165, 1.54) is 11.6 Å². The summed E-state index contributed by atoms with van der Waals surface area (Å²) in [5.41, 5.74) is 4.56. The first-order valence-electron chi connectivity index (χ1n) is 10.6. The summed E-state index contributed by atoms with van der Waals surface area (Å²) in [6, 6.07) is 10.2. The maximum Gasteiger partial charge on any atom is 0.511 e. The number of carbonyl (C=O) groups excluding carboxylic acids is 1. The predicted molar refractivity (Wildman–Crippen MR) is 128 cm³/mol. The van der Waals surface area contributed by atoms with Crippen molar-refractivity contribution in [2.75, 3.05) is 20.4 Å². The smallest absolute Gasteiger partial charge is 0.454 e. The molecule has 0 aliphatic carbocycles. The van der Waals surface area contributed by atoms with E-state index in [0.29, 0.717) is 12.3 Å². The van der Waals surface area contributed by atoms with Crippen LogP contribution in [0.4, 0.5) is 4.79 Å². The van der Waals surface area contributed by atoms with Crippen LogP contribution in [0.1, 0.15) is 50.2 Å². The highest BCUT2D eigenvalue weighted by atomic mass is 16.8. The average Bonchev–Trinajstić information content (AvgIpc) is 3.14. The maximum absolute atomic E-state index is 11.7. The van der Waals surface area contributed by atoms with Crippen LogP contribution in [0.5, 0.6) is 0 Å². The summed E-state index contributed by atoms with van der Waals surface area (Å²) in [7, 11) is 1.70. The van der Waals surface area contributed by atoms with Crippen LogP contribution in [0.15, 0.2) is 48.0 Å². The zero-order chi connectivity index (χ0) is 23.7. The summed E-state index contributed by atoms with van der Waals surface area (Å²) in [6.45, 7) is 14.3. The van der Waals surface area contributed by atoms with Gasteiger partial charge in [0.1, 0.15) is 12.3 Å². The number of nitrogens with zero attached hydrogens (tertiary/aromatic N) is 3. The Labute approximate surface area is 190 Å². The SMILES string of the molecule is C=CCOC(=O)OCO/C(=C(/C=NC)c1ccc(C(C)(C)C)cc1)c1cc(C)nn1CC. The molecule has 1 aromatic heterocycles. The zero-order valence-corrected chi connectivity index (χ0v) is 19.8. The lowest BCUT2D eigenvalue weighted by Crippen LogP contribution is -2.13. The molecular formula is C25H33N3O4. The minimum absolute atomic E-state index is 0.0398. The lowest BCUT2D eigenvalue weighted by atomic mass is 9.86. The molecule has 0 saturated carbocycles. The highest BCUT2D eigenvalue weighted by molar-refractivity contribution is 6.18. The summed E-state index contributed by atoms with van der Waals surface area (Å²) >= 11 is 0. The molecule has 1 aromatic carbocycles. The van der Waals surface area contributed by atoms with Gasteiger partial charge < -0.3 is 14.2 Å². The zero-order valence-electron chi connectivity index (χ0n) is 19.8. The minimum atomic E-state index is -0.829. The summed E-state index contributed by atoms with van der Waals surface area (Å²) < 4.78 is 17.7. The number of allylic oxidation sites excluding steroid dienone is 1. The molecule has 0 bridgehead atoms. The van der Waals surface area contributed by atoms with Crippen LogP contribution >= 0.6 is 0 Å². The Balaban J connectivity index is 2.51. The van der Waals surface area contributed by atoms with Crippen molar-refractivity contribution in [1.29, 1.82) is 0 Å². The molecule has 0 aliphatic rings. The van der Waals surface area contributed by atoms with Crippen LogP contribution in [-0.2, 0) is 26.2 Å². The molecule has 7 heteroatoms. The molecule has 0 aliphatic heterocycles. The Hall–Kier alpha value is -3.35. The number of hydrogen-bond acceptors (Lipinski definition) is 6. The van der Waals surface area contributed by atoms with Gasteiger partial charge in [-0.25, -0.2) is 4.79 Å². The third-order valence-corrected chi connectivity index (χ3v) is 4.70. The van der Waals surface area contributed by atoms with Crippen molar-refractivity contribution in [3.05, 3.63) is 65.5 Å². The third-order valence-electron chi connectivity index (χ3n) is 4.70. The average molecular weight is 440 g/mol. The van der Waals surface area contributed by atoms with Gasteiger partial charge in [0.15, 0.2) is 5.76 Å². The molecular weight excluding hydrogens is 406 g/mol. The number of aryl methyl sites for hydroxylation is 2. The molecule has 0 saturated heterocycles. The molecule has 0 fully saturated rings. The molecule has 0 unspecified atom stereocenters. The predicted octanol–water partition coefficient (Wildman–Crippen LogP) is 5.39. The van der Waals surface area contributed by atoms with Gasteiger partial charge in [-0.2, -0.15) is 5.10 Å². The van der Waals surface area contributed by atoms with Gasteiger partial charge in [0.25, 0.3) is 0 Å². The standard InChI is InChI=1S/C25H33N3O4/c1-8-14-30-24(29)32-17-31-23(22-15-18(3)27-28(22)9-2)21(16-26-7)19-10-12-20(13-11-19)25(4,5)6/h8,10-13,15-16H,1,9,14,17H2,2-7H3/b23-21-,26-16?. The molecule has 172 valence electrons. The van der Waals surface area contributed by atoms with Crippen molar-refractivity contribution < 1.29 is 19.0 Å². The molecule has 1 heterocycles. The van der Waals surface area contributed by atoms with Gasteiger partial charge in [-0.15, -0.1) is 0 Å². The Morgan fingerprint density at radius 2 is 1.88 bits per heavy atom. The highest BCUT2D eigenvalue weighted by Crippen LogP contribution is 2.29. The van der Waals surface area contributed by atoms with E-state index in [-0.39, 0.29) is 18.8 Å². The van der Waals surface area contributed by atoms with Crippen molar-refractivity contribution in [3.63, 3.8) is 0 Å². The summed E-state index contributed by atoms with van der Waals surface area (Å²) in [5.74, 6) is 0.512. The van der Waals surface area contributed by atoms with Crippen molar-refractivity contribution in [2.24, 2.45) is 4.99 Å². The number of rotatable bonds is 9. The minimum Gasteiger partial charge on any atom is -0.454 e. The van der Waals surface area contributed by atoms with E-state index in [2.05, 4.69) is 49.6 Å². The molecule has 0 N–H and O–H groups in total. The number of ether oxygens (including phenoxy) is 3. The second-order valence-corrected chi connectivity index (χ2v) is 8.20. The van der Waals surface area contributed by atoms with Gasteiger partial charge in [-0.05, 0) is 36.5 Å². The van der Waals surface area contributed by atoms with E-state index >= 15 is 0 Å². The van der Waals surface area contributed by atoms with Crippen LogP contribution in [0, 0.1) is 6.92 Å². The van der Waals surface area contributed by atoms with Gasteiger partial charge in [-0.1, -0.05) is 57.7 Å². The largest absolute Gasteiger partial charge is 0.511 e. The Kier molecular flexibility index (Phi) is 8.81. The quantitative estimate of drug-likeness (QED) is 0.172. The van der Waals surface area contributed by atoms with E-state index in [1.54, 1.807) is 13.3 Å². The van der Waals surface area contributed by atoms with Crippen molar-refractivity contribution in [1.82, 2.24) is 9.78 Å². The van der Waals surface area contributed by atoms with E-state index in [9.17, 15) is 4.79 Å². The second kappa shape index (κ2) is 11.3. The monoisotopic (exact) mass is 439 g/mol. The molecule has 0 spiro atoms. The fourth-order valence-corrected chi connectivity index (χ4v) is 3.11. The van der Waals surface area contributed by atoms with E-state index in [0.717, 1.165) is 22.5 Å². The molecule has 7 nitrogen and oxygen atoms in total. The van der Waals surface area contributed by atoms with Crippen molar-refractivity contribution in [2.45, 2.75) is 46.6 Å². The molecule has 2 rings (SSSR count). The van der Waals surface area contributed by atoms with E-state index in [1.807, 2.05) is 36.7 Å². The van der Waals surface area contributed by atoms with E-state index in [4.69, 9.17) is 14.2 Å². The molecule has 0 radical (unpaired) electrons. The van der Waals surface area contributed by atoms with Gasteiger partial charge in [0.05, 0.1) is 5.69 Å². The molecule has 0 atom stereocenters. The Morgan fingerprint density at radius 1 is 1.19 bits per heavy atom. The summed E-state index contributed by atoms with van der Waals surface area (Å²) in [5, 5.41) is 4.53. The Morgan fingerprint density at radius 3 is 2.44 bits per heavy atom. The second-order valence-electron chi connectivity index (χ2n) is 8.20. The van der Waals surface area contributed by atoms with Gasteiger partial charge in [0.2, 0.25) is 6.79 Å². The topological polar surface area (TPSA) is 74.9 Å². The van der Waals surface area contributed by atoms with Crippen LogP contribution in [0.3, 0.4) is 0 Å². The van der Waals surface area contributed by atoms with Crippen LogP contribution in [0.2, 0.25) is 0 Å². The molecule has 32 heavy (non-hydrogen) atoms. The maximum atomic E-state index is 11.7. The van der Waals surface area contributed by atoms with Gasteiger partial charge >= 0.3 is 6.16 Å². The van der Waals surface area contributed by atoms with Crippen molar-refractivity contribution >= 4 is 23.7 Å². The third kappa shape index (κ3) is 6.57. The summed E-state index contributed by atoms with van der Waals surface area (Å²) in [4.78, 5) is 16.0. The Bertz CT molecular complexity index is 980. The first kappa shape index (κ1) is 24.9.